The number of para-hydroxylation sites is 1. The lowest BCUT2D eigenvalue weighted by atomic mass is 10.2. The summed E-state index contributed by atoms with van der Waals surface area (Å²) in [6.45, 7) is 0. The van der Waals surface area contributed by atoms with Crippen molar-refractivity contribution in [1.82, 2.24) is 0 Å². The summed E-state index contributed by atoms with van der Waals surface area (Å²) in [5.41, 5.74) is 0.644. The summed E-state index contributed by atoms with van der Waals surface area (Å²) in [6.07, 6.45) is 1.29. The monoisotopic (exact) mass is 281 g/mol. The van der Waals surface area contributed by atoms with Crippen LogP contribution in [0.3, 0.4) is 0 Å². The third-order valence-corrected chi connectivity index (χ3v) is 2.76. The standard InChI is InChI=1S/C13H9Cl2NO2/c14-10-5-6-13(11(15)7-10)18-12-4-2-1-3-9(12)8-16-17/h1-8,17H/b16-8-. The SMILES string of the molecule is O/N=C\c1ccccc1Oc1ccc(Cl)cc1Cl. The van der Waals surface area contributed by atoms with Crippen molar-refractivity contribution in [3.05, 3.63) is 58.1 Å². The van der Waals surface area contributed by atoms with Crippen LogP contribution in [0.4, 0.5) is 0 Å². The summed E-state index contributed by atoms with van der Waals surface area (Å²) in [5.74, 6) is 1.03. The van der Waals surface area contributed by atoms with Gasteiger partial charge in [-0.25, -0.2) is 0 Å². The minimum absolute atomic E-state index is 0.415. The summed E-state index contributed by atoms with van der Waals surface area (Å²) in [4.78, 5) is 0. The Balaban J connectivity index is 2.34. The summed E-state index contributed by atoms with van der Waals surface area (Å²) in [7, 11) is 0. The van der Waals surface area contributed by atoms with Gasteiger partial charge >= 0.3 is 0 Å². The Kier molecular flexibility index (Phi) is 4.07. The number of hydrogen-bond acceptors (Lipinski definition) is 3. The third-order valence-electron chi connectivity index (χ3n) is 2.23. The highest BCUT2D eigenvalue weighted by molar-refractivity contribution is 6.35. The molecular formula is C13H9Cl2NO2. The average molecular weight is 282 g/mol. The first-order valence-corrected chi connectivity index (χ1v) is 5.85. The van der Waals surface area contributed by atoms with Crippen molar-refractivity contribution < 1.29 is 9.94 Å². The van der Waals surface area contributed by atoms with Crippen molar-refractivity contribution in [2.75, 3.05) is 0 Å². The second-order valence-corrected chi connectivity index (χ2v) is 4.30. The van der Waals surface area contributed by atoms with Crippen LogP contribution < -0.4 is 4.74 Å². The molecule has 0 bridgehead atoms. The minimum Gasteiger partial charge on any atom is -0.455 e. The Bertz CT molecular complexity index is 585. The topological polar surface area (TPSA) is 41.8 Å². The van der Waals surface area contributed by atoms with E-state index in [-0.39, 0.29) is 0 Å². The average Bonchev–Trinajstić information content (AvgIpc) is 2.35. The first kappa shape index (κ1) is 12.7. The maximum absolute atomic E-state index is 8.57. The van der Waals surface area contributed by atoms with E-state index >= 15 is 0 Å². The molecule has 0 atom stereocenters. The molecule has 92 valence electrons. The lowest BCUT2D eigenvalue weighted by Crippen LogP contribution is -1.91. The quantitative estimate of drug-likeness (QED) is 0.508. The van der Waals surface area contributed by atoms with E-state index in [1.165, 1.54) is 6.21 Å². The number of oxime groups is 1. The molecule has 0 heterocycles. The van der Waals surface area contributed by atoms with Crippen LogP contribution >= 0.6 is 23.2 Å². The fraction of sp³-hybridized carbons (Fsp3) is 0. The van der Waals surface area contributed by atoms with Gasteiger partial charge in [0.05, 0.1) is 11.2 Å². The zero-order chi connectivity index (χ0) is 13.0. The fourth-order valence-corrected chi connectivity index (χ4v) is 1.87. The maximum Gasteiger partial charge on any atom is 0.146 e. The molecule has 0 unspecified atom stereocenters. The molecule has 0 spiro atoms. The molecule has 2 aromatic carbocycles. The minimum atomic E-state index is 0.415. The third kappa shape index (κ3) is 2.94. The Morgan fingerprint density at radius 3 is 2.56 bits per heavy atom. The lowest BCUT2D eigenvalue weighted by molar-refractivity contribution is 0.321. The molecule has 3 nitrogen and oxygen atoms in total. The van der Waals surface area contributed by atoms with E-state index in [1.807, 2.05) is 12.1 Å². The van der Waals surface area contributed by atoms with Gasteiger partial charge in [0.15, 0.2) is 0 Å². The molecule has 0 amide bonds. The van der Waals surface area contributed by atoms with Gasteiger partial charge in [-0.1, -0.05) is 40.5 Å². The van der Waals surface area contributed by atoms with Crippen molar-refractivity contribution in [3.63, 3.8) is 0 Å². The molecule has 2 aromatic rings. The van der Waals surface area contributed by atoms with Crippen LogP contribution in [0.1, 0.15) is 5.56 Å². The molecule has 0 fully saturated rings. The molecule has 5 heteroatoms. The van der Waals surface area contributed by atoms with E-state index in [1.54, 1.807) is 30.3 Å². The van der Waals surface area contributed by atoms with E-state index in [2.05, 4.69) is 5.16 Å². The van der Waals surface area contributed by atoms with Crippen LogP contribution in [0.2, 0.25) is 10.0 Å². The largest absolute Gasteiger partial charge is 0.455 e. The maximum atomic E-state index is 8.57. The Morgan fingerprint density at radius 1 is 1.06 bits per heavy atom. The summed E-state index contributed by atoms with van der Waals surface area (Å²) in [5, 5.41) is 12.5. The van der Waals surface area contributed by atoms with Gasteiger partial charge in [-0.3, -0.25) is 0 Å². The van der Waals surface area contributed by atoms with Crippen LogP contribution in [-0.4, -0.2) is 11.4 Å². The van der Waals surface area contributed by atoms with Gasteiger partial charge in [0.1, 0.15) is 11.5 Å². The van der Waals surface area contributed by atoms with Crippen molar-refractivity contribution in [3.8, 4) is 11.5 Å². The van der Waals surface area contributed by atoms with Gasteiger partial charge in [0.2, 0.25) is 0 Å². The van der Waals surface area contributed by atoms with Crippen LogP contribution in [-0.2, 0) is 0 Å². The van der Waals surface area contributed by atoms with Gasteiger partial charge in [0, 0.05) is 10.6 Å². The zero-order valence-corrected chi connectivity index (χ0v) is 10.7. The van der Waals surface area contributed by atoms with Gasteiger partial charge < -0.3 is 9.94 Å². The van der Waals surface area contributed by atoms with Crippen molar-refractivity contribution >= 4 is 29.4 Å². The van der Waals surface area contributed by atoms with Gasteiger partial charge in [-0.15, -0.1) is 0 Å². The Labute approximate surface area is 114 Å². The van der Waals surface area contributed by atoms with Crippen LogP contribution in [0, 0.1) is 0 Å². The number of halogens is 2. The first-order chi connectivity index (χ1) is 8.70. The molecule has 0 saturated carbocycles. The van der Waals surface area contributed by atoms with E-state index in [0.717, 1.165) is 0 Å². The Hall–Kier alpha value is -1.71. The predicted octanol–water partition coefficient (Wildman–Crippen LogP) is 4.59. The van der Waals surface area contributed by atoms with Gasteiger partial charge in [-0.05, 0) is 30.3 Å². The molecule has 1 N–H and O–H groups in total. The molecule has 0 aliphatic rings. The summed E-state index contributed by atoms with van der Waals surface area (Å²) < 4.78 is 5.65. The zero-order valence-electron chi connectivity index (χ0n) is 9.18. The number of benzene rings is 2. The molecule has 0 radical (unpaired) electrons. The first-order valence-electron chi connectivity index (χ1n) is 5.10. The van der Waals surface area contributed by atoms with Crippen LogP contribution in [0.5, 0.6) is 11.5 Å². The smallest absolute Gasteiger partial charge is 0.146 e. The molecule has 0 saturated heterocycles. The molecule has 0 aliphatic heterocycles. The van der Waals surface area contributed by atoms with E-state index in [9.17, 15) is 0 Å². The van der Waals surface area contributed by atoms with Gasteiger partial charge in [0.25, 0.3) is 0 Å². The van der Waals surface area contributed by atoms with E-state index in [0.29, 0.717) is 27.1 Å². The lowest BCUT2D eigenvalue weighted by Gasteiger charge is -2.09. The predicted molar refractivity (Wildman–Crippen MR) is 72.4 cm³/mol. The second kappa shape index (κ2) is 5.76. The fourth-order valence-electron chi connectivity index (χ4n) is 1.42. The van der Waals surface area contributed by atoms with Gasteiger partial charge in [-0.2, -0.15) is 0 Å². The van der Waals surface area contributed by atoms with Crippen molar-refractivity contribution in [2.45, 2.75) is 0 Å². The number of hydrogen-bond donors (Lipinski definition) is 1. The molecule has 0 aromatic heterocycles. The summed E-state index contributed by atoms with van der Waals surface area (Å²) >= 11 is 11.8. The van der Waals surface area contributed by atoms with E-state index < -0.39 is 0 Å². The highest BCUT2D eigenvalue weighted by atomic mass is 35.5. The molecule has 0 aliphatic carbocycles. The highest BCUT2D eigenvalue weighted by Gasteiger charge is 2.06. The molecular weight excluding hydrogens is 273 g/mol. The normalized spacial score (nSPS) is 10.8. The van der Waals surface area contributed by atoms with Crippen LogP contribution in [0.15, 0.2) is 47.6 Å². The Morgan fingerprint density at radius 2 is 1.83 bits per heavy atom. The van der Waals surface area contributed by atoms with Crippen molar-refractivity contribution in [1.29, 1.82) is 0 Å². The molecule has 2 rings (SSSR count). The summed E-state index contributed by atoms with van der Waals surface area (Å²) in [6, 6.07) is 12.1. The van der Waals surface area contributed by atoms with Crippen LogP contribution in [0.25, 0.3) is 0 Å². The number of nitrogens with zero attached hydrogens (tertiary/aromatic N) is 1. The number of ether oxygens (including phenoxy) is 1. The molecule has 18 heavy (non-hydrogen) atoms. The second-order valence-electron chi connectivity index (χ2n) is 3.46. The number of rotatable bonds is 3. The highest BCUT2D eigenvalue weighted by Crippen LogP contribution is 2.32. The van der Waals surface area contributed by atoms with E-state index in [4.69, 9.17) is 33.1 Å². The van der Waals surface area contributed by atoms with Crippen molar-refractivity contribution in [2.24, 2.45) is 5.16 Å².